The van der Waals surface area contributed by atoms with Gasteiger partial charge in [-0.15, -0.1) is 0 Å². The first-order valence-corrected chi connectivity index (χ1v) is 7.88. The summed E-state index contributed by atoms with van der Waals surface area (Å²) in [4.78, 5) is 11.0. The molecule has 0 bridgehead atoms. The molecule has 1 saturated heterocycles. The first kappa shape index (κ1) is 15.8. The summed E-state index contributed by atoms with van der Waals surface area (Å²) in [5, 5.41) is 0. The lowest BCUT2D eigenvalue weighted by Gasteiger charge is -2.37. The Morgan fingerprint density at radius 1 is 1.17 bits per heavy atom. The van der Waals surface area contributed by atoms with Crippen molar-refractivity contribution in [1.82, 2.24) is 0 Å². The van der Waals surface area contributed by atoms with Gasteiger partial charge in [-0.3, -0.25) is 4.79 Å². The van der Waals surface area contributed by atoms with E-state index < -0.39 is 0 Å². The van der Waals surface area contributed by atoms with Gasteiger partial charge in [0.1, 0.15) is 12.0 Å². The molecule has 0 radical (unpaired) electrons. The Bertz CT molecular complexity index is 706. The van der Waals surface area contributed by atoms with Crippen molar-refractivity contribution in [3.63, 3.8) is 0 Å². The molecule has 2 aromatic rings. The minimum Gasteiger partial charge on any atom is -0.493 e. The molecule has 0 saturated carbocycles. The molecule has 0 spiro atoms. The van der Waals surface area contributed by atoms with E-state index >= 15 is 0 Å². The van der Waals surface area contributed by atoms with Crippen LogP contribution in [0.15, 0.2) is 36.4 Å². The van der Waals surface area contributed by atoms with Gasteiger partial charge >= 0.3 is 0 Å². The fourth-order valence-corrected chi connectivity index (χ4v) is 3.02. The van der Waals surface area contributed by atoms with Gasteiger partial charge in [-0.05, 0) is 54.3 Å². The van der Waals surface area contributed by atoms with Gasteiger partial charge in [-0.25, -0.2) is 0 Å². The number of aryl methyl sites for hydroxylation is 2. The highest BCUT2D eigenvalue weighted by molar-refractivity contribution is 5.80. The summed E-state index contributed by atoms with van der Waals surface area (Å²) < 4.78 is 11.2. The average molecular weight is 310 g/mol. The molecule has 3 nitrogen and oxygen atoms in total. The summed E-state index contributed by atoms with van der Waals surface area (Å²) >= 11 is 0. The number of carbonyl (C=O) groups excluding carboxylic acids is 1. The van der Waals surface area contributed by atoms with Crippen LogP contribution in [-0.2, 0) is 4.74 Å². The molecule has 1 aliphatic heterocycles. The first-order valence-electron chi connectivity index (χ1n) is 7.88. The molecule has 3 heteroatoms. The molecule has 1 aliphatic rings. The normalized spacial score (nSPS) is 15.8. The molecular weight excluding hydrogens is 288 g/mol. The van der Waals surface area contributed by atoms with E-state index in [2.05, 4.69) is 32.9 Å². The second-order valence-electron chi connectivity index (χ2n) is 6.77. The topological polar surface area (TPSA) is 35.5 Å². The van der Waals surface area contributed by atoms with Gasteiger partial charge in [0.15, 0.2) is 0 Å². The number of benzene rings is 2. The maximum Gasteiger partial charge on any atom is 0.150 e. The lowest BCUT2D eigenvalue weighted by Crippen LogP contribution is -2.44. The Labute approximate surface area is 137 Å². The summed E-state index contributed by atoms with van der Waals surface area (Å²) in [6.07, 6.45) is 0.882. The Kier molecular flexibility index (Phi) is 4.22. The van der Waals surface area contributed by atoms with Gasteiger partial charge in [-0.2, -0.15) is 0 Å². The third-order valence-corrected chi connectivity index (χ3v) is 4.31. The van der Waals surface area contributed by atoms with Crippen LogP contribution >= 0.6 is 0 Å². The second kappa shape index (κ2) is 6.17. The lowest BCUT2D eigenvalue weighted by molar-refractivity contribution is -0.120. The lowest BCUT2D eigenvalue weighted by atomic mass is 9.90. The molecular formula is C20H22O3. The monoisotopic (exact) mass is 310 g/mol. The van der Waals surface area contributed by atoms with Gasteiger partial charge in [-0.1, -0.05) is 25.1 Å². The zero-order chi connectivity index (χ0) is 16.4. The van der Waals surface area contributed by atoms with E-state index in [1.807, 2.05) is 24.3 Å². The van der Waals surface area contributed by atoms with Crippen molar-refractivity contribution < 1.29 is 14.3 Å². The molecule has 120 valence electrons. The minimum atomic E-state index is 0.138. The predicted molar refractivity (Wildman–Crippen MR) is 91.2 cm³/mol. The van der Waals surface area contributed by atoms with Crippen molar-refractivity contribution in [2.24, 2.45) is 5.41 Å². The highest BCUT2D eigenvalue weighted by Crippen LogP contribution is 2.33. The van der Waals surface area contributed by atoms with E-state index in [1.54, 1.807) is 0 Å². The number of carbonyl (C=O) groups is 1. The standard InChI is InChI=1S/C20H22O3/c1-14-7-18(23-13-20(3)11-22-12-20)8-15(2)19(14)17-6-4-5-16(9-17)10-21/h4-10H,11-13H2,1-3H3. The van der Waals surface area contributed by atoms with Crippen molar-refractivity contribution in [2.75, 3.05) is 19.8 Å². The zero-order valence-corrected chi connectivity index (χ0v) is 13.9. The highest BCUT2D eigenvalue weighted by Gasteiger charge is 2.34. The van der Waals surface area contributed by atoms with Gasteiger partial charge in [0.05, 0.1) is 19.8 Å². The molecule has 1 heterocycles. The van der Waals surface area contributed by atoms with Gasteiger partial charge < -0.3 is 9.47 Å². The fraction of sp³-hybridized carbons (Fsp3) is 0.350. The third kappa shape index (κ3) is 3.30. The molecule has 3 rings (SSSR count). The number of hydrogen-bond donors (Lipinski definition) is 0. The minimum absolute atomic E-state index is 0.138. The van der Waals surface area contributed by atoms with Gasteiger partial charge in [0.25, 0.3) is 0 Å². The van der Waals surface area contributed by atoms with Crippen LogP contribution in [0.2, 0.25) is 0 Å². The van der Waals surface area contributed by atoms with Gasteiger partial charge in [0, 0.05) is 11.0 Å². The molecule has 2 aromatic carbocycles. The Morgan fingerprint density at radius 3 is 2.43 bits per heavy atom. The van der Waals surface area contributed by atoms with Crippen molar-refractivity contribution in [1.29, 1.82) is 0 Å². The zero-order valence-electron chi connectivity index (χ0n) is 13.9. The van der Waals surface area contributed by atoms with Crippen LogP contribution in [0.1, 0.15) is 28.4 Å². The van der Waals surface area contributed by atoms with Crippen molar-refractivity contribution >= 4 is 6.29 Å². The van der Waals surface area contributed by atoms with E-state index in [4.69, 9.17) is 9.47 Å². The molecule has 0 atom stereocenters. The van der Waals surface area contributed by atoms with Crippen molar-refractivity contribution in [3.05, 3.63) is 53.1 Å². The molecule has 1 fully saturated rings. The molecule has 0 N–H and O–H groups in total. The van der Waals surface area contributed by atoms with Crippen LogP contribution in [0.25, 0.3) is 11.1 Å². The highest BCUT2D eigenvalue weighted by atomic mass is 16.5. The SMILES string of the molecule is Cc1cc(OCC2(C)COC2)cc(C)c1-c1cccc(C=O)c1. The summed E-state index contributed by atoms with van der Waals surface area (Å²) in [5.74, 6) is 0.892. The van der Waals surface area contributed by atoms with Crippen LogP contribution in [0.3, 0.4) is 0 Å². The van der Waals surface area contributed by atoms with Crippen LogP contribution in [0.5, 0.6) is 5.75 Å². The largest absolute Gasteiger partial charge is 0.493 e. The van der Waals surface area contributed by atoms with Crippen LogP contribution in [-0.4, -0.2) is 26.1 Å². The quantitative estimate of drug-likeness (QED) is 0.777. The third-order valence-electron chi connectivity index (χ3n) is 4.31. The fourth-order valence-electron chi connectivity index (χ4n) is 3.02. The van der Waals surface area contributed by atoms with E-state index in [0.29, 0.717) is 12.2 Å². The first-order chi connectivity index (χ1) is 11.0. The van der Waals surface area contributed by atoms with E-state index in [1.165, 1.54) is 5.56 Å². The number of ether oxygens (including phenoxy) is 2. The summed E-state index contributed by atoms with van der Waals surface area (Å²) in [7, 11) is 0. The van der Waals surface area contributed by atoms with E-state index in [0.717, 1.165) is 41.9 Å². The van der Waals surface area contributed by atoms with Gasteiger partial charge in [0.2, 0.25) is 0 Å². The van der Waals surface area contributed by atoms with Crippen molar-refractivity contribution in [3.8, 4) is 16.9 Å². The number of hydrogen-bond acceptors (Lipinski definition) is 3. The molecule has 23 heavy (non-hydrogen) atoms. The Balaban J connectivity index is 1.86. The van der Waals surface area contributed by atoms with Crippen molar-refractivity contribution in [2.45, 2.75) is 20.8 Å². The average Bonchev–Trinajstić information content (AvgIpc) is 2.50. The maximum atomic E-state index is 11.0. The maximum absolute atomic E-state index is 11.0. The number of rotatable bonds is 5. The molecule has 0 aromatic heterocycles. The Hall–Kier alpha value is -2.13. The summed E-state index contributed by atoms with van der Waals surface area (Å²) in [6.45, 7) is 8.54. The number of aldehydes is 1. The summed E-state index contributed by atoms with van der Waals surface area (Å²) in [6, 6.07) is 11.8. The van der Waals surface area contributed by atoms with Crippen LogP contribution < -0.4 is 4.74 Å². The molecule has 0 amide bonds. The van der Waals surface area contributed by atoms with E-state index in [-0.39, 0.29) is 5.41 Å². The molecule has 0 unspecified atom stereocenters. The van der Waals surface area contributed by atoms with Crippen LogP contribution in [0.4, 0.5) is 0 Å². The molecule has 0 aliphatic carbocycles. The predicted octanol–water partition coefficient (Wildman–Crippen LogP) is 4.20. The smallest absolute Gasteiger partial charge is 0.150 e. The Morgan fingerprint density at radius 2 is 1.87 bits per heavy atom. The van der Waals surface area contributed by atoms with E-state index in [9.17, 15) is 4.79 Å². The van der Waals surface area contributed by atoms with Crippen LogP contribution in [0, 0.1) is 19.3 Å². The second-order valence-corrected chi connectivity index (χ2v) is 6.77. The summed E-state index contributed by atoms with van der Waals surface area (Å²) in [5.41, 5.74) is 5.36.